The molecule has 3 atom stereocenters. The molecule has 142 valence electrons. The van der Waals surface area contributed by atoms with Crippen LogP contribution in [0, 0.1) is 11.7 Å². The smallest absolute Gasteiger partial charge is 0.285 e. The molecular weight excluding hydrogens is 422 g/mol. The van der Waals surface area contributed by atoms with Crippen LogP contribution in [-0.4, -0.2) is 23.0 Å². The first kappa shape index (κ1) is 19.2. The van der Waals surface area contributed by atoms with Gasteiger partial charge in [-0.1, -0.05) is 6.92 Å². The average molecular weight is 439 g/mol. The largest absolute Gasteiger partial charge is 0.462 e. The third kappa shape index (κ3) is 3.78. The van der Waals surface area contributed by atoms with Crippen molar-refractivity contribution in [2.75, 3.05) is 5.32 Å². The van der Waals surface area contributed by atoms with Crippen LogP contribution in [0.15, 0.2) is 46.0 Å². The number of carbonyl (C=O) groups is 1. The van der Waals surface area contributed by atoms with Crippen molar-refractivity contribution in [1.29, 1.82) is 0 Å². The van der Waals surface area contributed by atoms with Crippen molar-refractivity contribution in [2.24, 2.45) is 16.6 Å². The number of anilines is 1. The molecule has 0 fully saturated rings. The van der Waals surface area contributed by atoms with Crippen molar-refractivity contribution in [2.45, 2.75) is 25.7 Å². The zero-order valence-electron chi connectivity index (χ0n) is 14.5. The van der Waals surface area contributed by atoms with E-state index in [4.69, 9.17) is 10.5 Å². The SMILES string of the molecule is CC1OC(N)=N[C@@](F)(c2cc(NC(=O)c3ccc(Br)cn3)ccc2F)[C@@H]1C. The van der Waals surface area contributed by atoms with Gasteiger partial charge >= 0.3 is 0 Å². The lowest BCUT2D eigenvalue weighted by Crippen LogP contribution is -2.44. The molecule has 0 saturated carbocycles. The van der Waals surface area contributed by atoms with E-state index in [1.165, 1.54) is 24.4 Å². The van der Waals surface area contributed by atoms with Crippen LogP contribution < -0.4 is 11.1 Å². The lowest BCUT2D eigenvalue weighted by atomic mass is 9.87. The van der Waals surface area contributed by atoms with Gasteiger partial charge in [-0.2, -0.15) is 4.99 Å². The molecule has 1 aliphatic rings. The molecular formula is C18H17BrF2N4O2. The van der Waals surface area contributed by atoms with Gasteiger partial charge in [0, 0.05) is 21.9 Å². The number of amidine groups is 1. The van der Waals surface area contributed by atoms with Crippen LogP contribution in [0.3, 0.4) is 0 Å². The van der Waals surface area contributed by atoms with E-state index in [1.54, 1.807) is 19.9 Å². The molecule has 27 heavy (non-hydrogen) atoms. The summed E-state index contributed by atoms with van der Waals surface area (Å²) < 4.78 is 36.0. The molecule has 2 heterocycles. The summed E-state index contributed by atoms with van der Waals surface area (Å²) in [6.45, 7) is 3.18. The highest BCUT2D eigenvalue weighted by Crippen LogP contribution is 2.42. The molecule has 1 unspecified atom stereocenters. The second kappa shape index (κ2) is 7.22. The highest BCUT2D eigenvalue weighted by molar-refractivity contribution is 9.10. The van der Waals surface area contributed by atoms with Crippen LogP contribution in [0.1, 0.15) is 29.9 Å². The highest BCUT2D eigenvalue weighted by Gasteiger charge is 2.47. The van der Waals surface area contributed by atoms with Crippen LogP contribution in [0.2, 0.25) is 0 Å². The summed E-state index contributed by atoms with van der Waals surface area (Å²) in [5.74, 6) is -4.51. The summed E-state index contributed by atoms with van der Waals surface area (Å²) in [5, 5.41) is 2.58. The third-order valence-electron chi connectivity index (χ3n) is 4.45. The van der Waals surface area contributed by atoms with Crippen molar-refractivity contribution < 1.29 is 18.3 Å². The van der Waals surface area contributed by atoms with Gasteiger partial charge in [-0.15, -0.1) is 0 Å². The monoisotopic (exact) mass is 438 g/mol. The number of alkyl halides is 1. The summed E-state index contributed by atoms with van der Waals surface area (Å²) in [6, 6.07) is 6.44. The predicted molar refractivity (Wildman–Crippen MR) is 100 cm³/mol. The maximum atomic E-state index is 15.6. The van der Waals surface area contributed by atoms with Crippen molar-refractivity contribution in [3.63, 3.8) is 0 Å². The summed E-state index contributed by atoms with van der Waals surface area (Å²) >= 11 is 3.23. The van der Waals surface area contributed by atoms with E-state index in [2.05, 4.69) is 31.2 Å². The Balaban J connectivity index is 1.94. The fourth-order valence-corrected chi connectivity index (χ4v) is 3.01. The number of nitrogens with zero attached hydrogens (tertiary/aromatic N) is 2. The van der Waals surface area contributed by atoms with Crippen LogP contribution in [-0.2, 0) is 10.5 Å². The third-order valence-corrected chi connectivity index (χ3v) is 4.92. The number of ether oxygens (including phenoxy) is 1. The van der Waals surface area contributed by atoms with E-state index in [0.29, 0.717) is 0 Å². The number of halogens is 3. The molecule has 0 saturated heterocycles. The topological polar surface area (TPSA) is 89.6 Å². The van der Waals surface area contributed by atoms with Crippen LogP contribution in [0.5, 0.6) is 0 Å². The van der Waals surface area contributed by atoms with Gasteiger partial charge in [0.25, 0.3) is 11.9 Å². The van der Waals surface area contributed by atoms with Gasteiger partial charge in [-0.3, -0.25) is 4.79 Å². The number of hydrogen-bond donors (Lipinski definition) is 2. The Labute approximate surface area is 163 Å². The number of amides is 1. The van der Waals surface area contributed by atoms with Crippen molar-refractivity contribution in [1.82, 2.24) is 4.98 Å². The normalized spacial score (nSPS) is 24.7. The Bertz CT molecular complexity index is 907. The van der Waals surface area contributed by atoms with Crippen LogP contribution >= 0.6 is 15.9 Å². The summed E-state index contributed by atoms with van der Waals surface area (Å²) in [4.78, 5) is 20.0. The second-order valence-electron chi connectivity index (χ2n) is 6.25. The first-order valence-corrected chi connectivity index (χ1v) is 8.94. The minimum Gasteiger partial charge on any atom is -0.462 e. The molecule has 1 aromatic carbocycles. The molecule has 0 bridgehead atoms. The summed E-state index contributed by atoms with van der Waals surface area (Å²) in [6.07, 6.45) is 0.876. The molecule has 1 aromatic heterocycles. The van der Waals surface area contributed by atoms with Gasteiger partial charge in [0.05, 0.1) is 5.92 Å². The second-order valence-corrected chi connectivity index (χ2v) is 7.16. The van der Waals surface area contributed by atoms with Gasteiger partial charge in [-0.05, 0) is 53.2 Å². The average Bonchev–Trinajstić information content (AvgIpc) is 2.61. The minimum absolute atomic E-state index is 0.161. The van der Waals surface area contributed by atoms with Crippen LogP contribution in [0.4, 0.5) is 14.5 Å². The standard InChI is InChI=1S/C18H17BrF2N4O2/c1-9-10(2)27-17(22)25-18(9,21)13-7-12(4-5-14(13)20)24-16(26)15-6-3-11(19)8-23-15/h3-10H,1-2H3,(H2,22,25)(H,24,26)/t9-,10?,18-/m1/s1. The van der Waals surface area contributed by atoms with E-state index in [1.807, 2.05) is 0 Å². The quantitative estimate of drug-likeness (QED) is 0.714. The van der Waals surface area contributed by atoms with Gasteiger partial charge in [0.2, 0.25) is 5.79 Å². The molecule has 2 aromatic rings. The number of nitrogens with two attached hydrogens (primary N) is 1. The lowest BCUT2D eigenvalue weighted by molar-refractivity contribution is -0.0130. The maximum Gasteiger partial charge on any atom is 0.285 e. The fourth-order valence-electron chi connectivity index (χ4n) is 2.77. The molecule has 0 radical (unpaired) electrons. The molecule has 9 heteroatoms. The zero-order chi connectivity index (χ0) is 19.8. The number of aliphatic imine (C=N–C) groups is 1. The first-order chi connectivity index (χ1) is 12.7. The number of rotatable bonds is 3. The number of hydrogen-bond acceptors (Lipinski definition) is 5. The molecule has 0 aliphatic carbocycles. The van der Waals surface area contributed by atoms with Crippen molar-refractivity contribution in [3.05, 3.63) is 58.1 Å². The van der Waals surface area contributed by atoms with Gasteiger partial charge in [-0.25, -0.2) is 13.8 Å². The number of aromatic nitrogens is 1. The van der Waals surface area contributed by atoms with E-state index in [0.717, 1.165) is 10.5 Å². The summed E-state index contributed by atoms with van der Waals surface area (Å²) in [7, 11) is 0. The van der Waals surface area contributed by atoms with Crippen molar-refractivity contribution >= 4 is 33.5 Å². The van der Waals surface area contributed by atoms with Crippen LogP contribution in [0.25, 0.3) is 0 Å². The molecule has 3 rings (SSSR count). The van der Waals surface area contributed by atoms with Crippen molar-refractivity contribution in [3.8, 4) is 0 Å². The first-order valence-electron chi connectivity index (χ1n) is 8.14. The molecule has 6 nitrogen and oxygen atoms in total. The number of benzene rings is 1. The molecule has 3 N–H and O–H groups in total. The Kier molecular flexibility index (Phi) is 5.14. The van der Waals surface area contributed by atoms with Gasteiger partial charge in [0.1, 0.15) is 17.6 Å². The molecule has 0 spiro atoms. The number of pyridine rings is 1. The van der Waals surface area contributed by atoms with E-state index >= 15 is 4.39 Å². The molecule has 1 amide bonds. The fraction of sp³-hybridized carbons (Fsp3) is 0.278. The summed E-state index contributed by atoms with van der Waals surface area (Å²) in [5.41, 5.74) is 5.58. The minimum atomic E-state index is -2.41. The number of carbonyl (C=O) groups excluding carboxylic acids is 1. The lowest BCUT2D eigenvalue weighted by Gasteiger charge is -2.36. The predicted octanol–water partition coefficient (Wildman–Crippen LogP) is 3.73. The Morgan fingerprint density at radius 3 is 2.74 bits per heavy atom. The highest BCUT2D eigenvalue weighted by atomic mass is 79.9. The number of nitrogens with one attached hydrogen (secondary N) is 1. The Hall–Kier alpha value is -2.55. The van der Waals surface area contributed by atoms with E-state index < -0.39 is 29.5 Å². The Morgan fingerprint density at radius 1 is 1.33 bits per heavy atom. The Morgan fingerprint density at radius 2 is 2.07 bits per heavy atom. The van der Waals surface area contributed by atoms with E-state index in [9.17, 15) is 9.18 Å². The zero-order valence-corrected chi connectivity index (χ0v) is 16.1. The van der Waals surface area contributed by atoms with E-state index in [-0.39, 0.29) is 23.0 Å². The molecule has 1 aliphatic heterocycles. The maximum absolute atomic E-state index is 15.6. The van der Waals surface area contributed by atoms with Gasteiger partial charge < -0.3 is 15.8 Å². The van der Waals surface area contributed by atoms with Gasteiger partial charge in [0.15, 0.2) is 0 Å².